The Morgan fingerprint density at radius 1 is 1.09 bits per heavy atom. The van der Waals surface area contributed by atoms with E-state index < -0.39 is 38.3 Å². The summed E-state index contributed by atoms with van der Waals surface area (Å²) in [5, 5.41) is -0.832. The van der Waals surface area contributed by atoms with E-state index in [1.807, 2.05) is 0 Å². The van der Waals surface area contributed by atoms with Crippen molar-refractivity contribution in [2.75, 3.05) is 4.72 Å². The van der Waals surface area contributed by atoms with Crippen LogP contribution in [0, 0.1) is 12.7 Å². The highest BCUT2D eigenvalue weighted by Gasteiger charge is 2.33. The van der Waals surface area contributed by atoms with Crippen molar-refractivity contribution in [2.24, 2.45) is 0 Å². The maximum atomic E-state index is 13.9. The highest BCUT2D eigenvalue weighted by molar-refractivity contribution is 7.92. The van der Waals surface area contributed by atoms with Gasteiger partial charge in [-0.1, -0.05) is 29.3 Å². The fourth-order valence-electron chi connectivity index (χ4n) is 1.75. The van der Waals surface area contributed by atoms with E-state index in [0.29, 0.717) is 12.1 Å². The van der Waals surface area contributed by atoms with Crippen LogP contribution in [0.4, 0.5) is 23.2 Å². The molecule has 0 amide bonds. The predicted molar refractivity (Wildman–Crippen MR) is 78.4 cm³/mol. The average molecular weight is 368 g/mol. The van der Waals surface area contributed by atoms with E-state index in [9.17, 15) is 26.0 Å². The Balaban J connectivity index is 2.47. The number of aryl methyl sites for hydroxylation is 1. The number of hydrogen-bond acceptors (Lipinski definition) is 2. The minimum absolute atomic E-state index is 0.212. The second kappa shape index (κ2) is 6.01. The van der Waals surface area contributed by atoms with Gasteiger partial charge in [0, 0.05) is 0 Å². The van der Waals surface area contributed by atoms with E-state index in [1.165, 1.54) is 24.3 Å². The Morgan fingerprint density at radius 3 is 2.17 bits per heavy atom. The zero-order valence-electron chi connectivity index (χ0n) is 11.6. The van der Waals surface area contributed by atoms with Crippen LogP contribution in [-0.4, -0.2) is 8.42 Å². The van der Waals surface area contributed by atoms with Crippen molar-refractivity contribution in [1.29, 1.82) is 0 Å². The van der Waals surface area contributed by atoms with Gasteiger partial charge in [0.15, 0.2) is 5.82 Å². The molecular formula is C14H10ClF4NO2S. The van der Waals surface area contributed by atoms with Crippen LogP contribution in [0.15, 0.2) is 41.3 Å². The molecule has 0 aromatic heterocycles. The normalized spacial score (nSPS) is 12.3. The van der Waals surface area contributed by atoms with Gasteiger partial charge in [-0.3, -0.25) is 4.72 Å². The molecule has 0 aliphatic carbocycles. The van der Waals surface area contributed by atoms with Gasteiger partial charge in [0.25, 0.3) is 10.0 Å². The molecule has 0 heterocycles. The fraction of sp³-hybridized carbons (Fsp3) is 0.143. The van der Waals surface area contributed by atoms with Gasteiger partial charge in [-0.15, -0.1) is 0 Å². The number of hydrogen-bond donors (Lipinski definition) is 1. The van der Waals surface area contributed by atoms with Crippen LogP contribution < -0.4 is 4.72 Å². The SMILES string of the molecule is Cc1ccc(S(=O)(=O)Nc2cc(C(F)(F)F)cc(Cl)c2F)cc1. The minimum Gasteiger partial charge on any atom is -0.277 e. The molecule has 0 saturated carbocycles. The first-order valence-corrected chi connectivity index (χ1v) is 8.02. The number of alkyl halides is 3. The van der Waals surface area contributed by atoms with E-state index in [4.69, 9.17) is 11.6 Å². The Bertz CT molecular complexity index is 833. The van der Waals surface area contributed by atoms with Gasteiger partial charge < -0.3 is 0 Å². The molecular weight excluding hydrogens is 358 g/mol. The van der Waals surface area contributed by atoms with Crippen molar-refractivity contribution in [3.8, 4) is 0 Å². The molecule has 1 N–H and O–H groups in total. The molecule has 23 heavy (non-hydrogen) atoms. The third-order valence-electron chi connectivity index (χ3n) is 2.93. The molecule has 0 spiro atoms. The zero-order valence-corrected chi connectivity index (χ0v) is 13.2. The van der Waals surface area contributed by atoms with E-state index in [0.717, 1.165) is 5.56 Å². The van der Waals surface area contributed by atoms with Crippen LogP contribution in [0.25, 0.3) is 0 Å². The Morgan fingerprint density at radius 2 is 1.65 bits per heavy atom. The third-order valence-corrected chi connectivity index (χ3v) is 4.59. The smallest absolute Gasteiger partial charge is 0.277 e. The summed E-state index contributed by atoms with van der Waals surface area (Å²) in [7, 11) is -4.25. The highest BCUT2D eigenvalue weighted by Crippen LogP contribution is 2.35. The van der Waals surface area contributed by atoms with E-state index in [-0.39, 0.29) is 4.90 Å². The van der Waals surface area contributed by atoms with E-state index in [1.54, 1.807) is 11.6 Å². The first kappa shape index (κ1) is 17.6. The van der Waals surface area contributed by atoms with Gasteiger partial charge in [0.2, 0.25) is 0 Å². The molecule has 0 atom stereocenters. The molecule has 124 valence electrons. The Labute approximate surface area is 134 Å². The second-order valence-corrected chi connectivity index (χ2v) is 6.83. The molecule has 9 heteroatoms. The van der Waals surface area contributed by atoms with Crippen molar-refractivity contribution < 1.29 is 26.0 Å². The van der Waals surface area contributed by atoms with Crippen molar-refractivity contribution in [3.63, 3.8) is 0 Å². The number of nitrogens with one attached hydrogen (secondary N) is 1. The van der Waals surface area contributed by atoms with Gasteiger partial charge in [-0.05, 0) is 31.2 Å². The van der Waals surface area contributed by atoms with Gasteiger partial charge >= 0.3 is 6.18 Å². The summed E-state index contributed by atoms with van der Waals surface area (Å²) in [6.07, 6.45) is -4.79. The number of anilines is 1. The quantitative estimate of drug-likeness (QED) is 0.805. The molecule has 0 aliphatic rings. The molecule has 0 bridgehead atoms. The summed E-state index contributed by atoms with van der Waals surface area (Å²) in [6, 6.07) is 6.26. The number of sulfonamides is 1. The standard InChI is InChI=1S/C14H10ClF4NO2S/c1-8-2-4-10(5-3-8)23(21,22)20-12-7-9(14(17,18)19)6-11(15)13(12)16/h2-7,20H,1H3. The molecule has 2 aromatic rings. The summed E-state index contributed by atoms with van der Waals surface area (Å²) in [6.45, 7) is 1.73. The van der Waals surface area contributed by atoms with Gasteiger partial charge in [-0.2, -0.15) is 13.2 Å². The maximum absolute atomic E-state index is 13.9. The molecule has 2 aromatic carbocycles. The summed E-state index contributed by atoms with van der Waals surface area (Å²) in [5.41, 5.74) is -1.34. The van der Waals surface area contributed by atoms with Gasteiger partial charge in [0.05, 0.1) is 21.2 Å². The van der Waals surface area contributed by atoms with Crippen molar-refractivity contribution in [2.45, 2.75) is 18.0 Å². The summed E-state index contributed by atoms with van der Waals surface area (Å²) in [4.78, 5) is -0.212. The molecule has 0 fully saturated rings. The van der Waals surface area contributed by atoms with Crippen LogP contribution in [0.3, 0.4) is 0 Å². The lowest BCUT2D eigenvalue weighted by Crippen LogP contribution is -2.15. The monoisotopic (exact) mass is 367 g/mol. The zero-order chi connectivity index (χ0) is 17.4. The van der Waals surface area contributed by atoms with Crippen LogP contribution in [-0.2, 0) is 16.2 Å². The fourth-order valence-corrected chi connectivity index (χ4v) is 3.02. The number of rotatable bonds is 3. The first-order valence-electron chi connectivity index (χ1n) is 6.16. The van der Waals surface area contributed by atoms with Crippen molar-refractivity contribution in [3.05, 3.63) is 58.4 Å². The lowest BCUT2D eigenvalue weighted by molar-refractivity contribution is -0.137. The summed E-state index contributed by atoms with van der Waals surface area (Å²) >= 11 is 5.41. The number of halogens is 5. The first-order chi connectivity index (χ1) is 10.5. The molecule has 2 rings (SSSR count). The summed E-state index contributed by atoms with van der Waals surface area (Å²) in [5.74, 6) is -1.28. The van der Waals surface area contributed by atoms with Crippen molar-refractivity contribution in [1.82, 2.24) is 0 Å². The molecule has 0 aliphatic heterocycles. The lowest BCUT2D eigenvalue weighted by Gasteiger charge is -2.13. The van der Waals surface area contributed by atoms with E-state index in [2.05, 4.69) is 0 Å². The predicted octanol–water partition coefficient (Wildman–Crippen LogP) is 4.61. The average Bonchev–Trinajstić information content (AvgIpc) is 2.42. The van der Waals surface area contributed by atoms with Crippen LogP contribution >= 0.6 is 11.6 Å². The van der Waals surface area contributed by atoms with Crippen LogP contribution in [0.2, 0.25) is 5.02 Å². The molecule has 0 radical (unpaired) electrons. The largest absolute Gasteiger partial charge is 0.416 e. The van der Waals surface area contributed by atoms with Gasteiger partial charge in [-0.25, -0.2) is 12.8 Å². The second-order valence-electron chi connectivity index (χ2n) is 4.74. The lowest BCUT2D eigenvalue weighted by atomic mass is 10.2. The Hall–Kier alpha value is -1.80. The van der Waals surface area contributed by atoms with Crippen LogP contribution in [0.1, 0.15) is 11.1 Å². The Kier molecular flexibility index (Phi) is 4.59. The van der Waals surface area contributed by atoms with Gasteiger partial charge in [0.1, 0.15) is 0 Å². The number of benzene rings is 2. The minimum atomic E-state index is -4.79. The van der Waals surface area contributed by atoms with Crippen molar-refractivity contribution >= 4 is 27.3 Å². The summed E-state index contributed by atoms with van der Waals surface area (Å²) < 4.78 is 78.1. The highest BCUT2D eigenvalue weighted by atomic mass is 35.5. The van der Waals surface area contributed by atoms with Crippen LogP contribution in [0.5, 0.6) is 0 Å². The molecule has 0 saturated heterocycles. The van der Waals surface area contributed by atoms with E-state index >= 15 is 0 Å². The third kappa shape index (κ3) is 3.94. The topological polar surface area (TPSA) is 46.2 Å². The molecule has 3 nitrogen and oxygen atoms in total. The molecule has 0 unspecified atom stereocenters. The maximum Gasteiger partial charge on any atom is 0.416 e.